The molecule has 1 atom stereocenters. The van der Waals surface area contributed by atoms with E-state index in [1.807, 2.05) is 30.3 Å². The van der Waals surface area contributed by atoms with Crippen molar-refractivity contribution in [2.75, 3.05) is 32.8 Å². The van der Waals surface area contributed by atoms with Gasteiger partial charge < -0.3 is 15.4 Å². The maximum absolute atomic E-state index is 12.1. The van der Waals surface area contributed by atoms with Gasteiger partial charge in [0.1, 0.15) is 0 Å². The average molecular weight is 345 g/mol. The van der Waals surface area contributed by atoms with Gasteiger partial charge >= 0.3 is 6.03 Å². The number of urea groups is 1. The molecule has 2 aromatic rings. The highest BCUT2D eigenvalue weighted by Crippen LogP contribution is 2.25. The Hall–Kier alpha value is -1.89. The second-order valence-corrected chi connectivity index (χ2v) is 6.71. The molecule has 3 rings (SSSR count). The van der Waals surface area contributed by atoms with Crippen molar-refractivity contribution in [1.82, 2.24) is 15.5 Å². The number of hydrogen-bond acceptors (Lipinski definition) is 4. The molecule has 1 aliphatic rings. The van der Waals surface area contributed by atoms with Gasteiger partial charge in [-0.2, -0.15) is 0 Å². The summed E-state index contributed by atoms with van der Waals surface area (Å²) in [7, 11) is 0. The highest BCUT2D eigenvalue weighted by molar-refractivity contribution is 7.10. The van der Waals surface area contributed by atoms with Crippen LogP contribution in [0.4, 0.5) is 4.79 Å². The van der Waals surface area contributed by atoms with Crippen LogP contribution in [0, 0.1) is 0 Å². The second-order valence-electron chi connectivity index (χ2n) is 5.73. The van der Waals surface area contributed by atoms with Gasteiger partial charge in [-0.1, -0.05) is 36.4 Å². The molecule has 1 aliphatic heterocycles. The van der Waals surface area contributed by atoms with Gasteiger partial charge in [0.05, 0.1) is 19.3 Å². The van der Waals surface area contributed by atoms with Crippen LogP contribution >= 0.6 is 11.3 Å². The highest BCUT2D eigenvalue weighted by atomic mass is 32.1. The lowest BCUT2D eigenvalue weighted by Crippen LogP contribution is -2.45. The van der Waals surface area contributed by atoms with Crippen LogP contribution in [0.15, 0.2) is 47.8 Å². The summed E-state index contributed by atoms with van der Waals surface area (Å²) in [4.78, 5) is 15.8. The zero-order valence-electron chi connectivity index (χ0n) is 13.6. The van der Waals surface area contributed by atoms with Crippen molar-refractivity contribution < 1.29 is 9.53 Å². The van der Waals surface area contributed by atoms with Gasteiger partial charge in [-0.25, -0.2) is 4.79 Å². The number of amides is 2. The maximum Gasteiger partial charge on any atom is 0.315 e. The molecule has 0 saturated carbocycles. The molecule has 2 N–H and O–H groups in total. The first-order chi connectivity index (χ1) is 11.8. The summed E-state index contributed by atoms with van der Waals surface area (Å²) in [6.45, 7) is 4.44. The SMILES string of the molecule is O=C(NCc1ccccc1)NC[C@@H](c1cccs1)N1CCOCC1. The van der Waals surface area contributed by atoms with Gasteiger partial charge in [0, 0.05) is 31.1 Å². The summed E-state index contributed by atoms with van der Waals surface area (Å²) in [5.41, 5.74) is 1.09. The van der Waals surface area contributed by atoms with Gasteiger partial charge in [0.15, 0.2) is 0 Å². The Morgan fingerprint density at radius 3 is 2.62 bits per heavy atom. The second kappa shape index (κ2) is 8.82. The van der Waals surface area contributed by atoms with Crippen LogP contribution in [0.25, 0.3) is 0 Å². The number of rotatable bonds is 6. The summed E-state index contributed by atoms with van der Waals surface area (Å²) in [6.07, 6.45) is 0. The molecule has 2 amide bonds. The predicted octanol–water partition coefficient (Wildman–Crippen LogP) is 2.62. The third kappa shape index (κ3) is 4.80. The van der Waals surface area contributed by atoms with Gasteiger partial charge in [-0.15, -0.1) is 11.3 Å². The van der Waals surface area contributed by atoms with Gasteiger partial charge in [0.25, 0.3) is 0 Å². The number of carbonyl (C=O) groups is 1. The molecule has 1 aromatic heterocycles. The van der Waals surface area contributed by atoms with Crippen LogP contribution in [-0.4, -0.2) is 43.8 Å². The van der Waals surface area contributed by atoms with E-state index in [1.54, 1.807) is 11.3 Å². The number of hydrogen-bond donors (Lipinski definition) is 2. The molecule has 0 aliphatic carbocycles. The van der Waals surface area contributed by atoms with Crippen molar-refractivity contribution in [2.24, 2.45) is 0 Å². The zero-order chi connectivity index (χ0) is 16.6. The minimum atomic E-state index is -0.131. The third-order valence-electron chi connectivity index (χ3n) is 4.11. The monoisotopic (exact) mass is 345 g/mol. The minimum absolute atomic E-state index is 0.131. The Bertz CT molecular complexity index is 612. The normalized spacial score (nSPS) is 16.5. The molecule has 0 bridgehead atoms. The smallest absolute Gasteiger partial charge is 0.315 e. The average Bonchev–Trinajstić information content (AvgIpc) is 3.16. The standard InChI is InChI=1S/C18H23N3O2S/c22-18(19-13-15-5-2-1-3-6-15)20-14-16(17-7-4-12-24-17)21-8-10-23-11-9-21/h1-7,12,16H,8-11,13-14H2,(H2,19,20,22)/t16-/m0/s1. The lowest BCUT2D eigenvalue weighted by molar-refractivity contribution is 0.0174. The first-order valence-corrected chi connectivity index (χ1v) is 9.12. The van der Waals surface area contributed by atoms with E-state index >= 15 is 0 Å². The van der Waals surface area contributed by atoms with Crippen molar-refractivity contribution in [1.29, 1.82) is 0 Å². The quantitative estimate of drug-likeness (QED) is 0.846. The van der Waals surface area contributed by atoms with Crippen LogP contribution in [0.2, 0.25) is 0 Å². The Balaban J connectivity index is 1.52. The number of morpholine rings is 1. The number of thiophene rings is 1. The summed E-state index contributed by atoms with van der Waals surface area (Å²) >= 11 is 1.73. The lowest BCUT2D eigenvalue weighted by Gasteiger charge is -2.34. The lowest BCUT2D eigenvalue weighted by atomic mass is 10.2. The minimum Gasteiger partial charge on any atom is -0.379 e. The van der Waals surface area contributed by atoms with Crippen molar-refractivity contribution in [3.63, 3.8) is 0 Å². The molecule has 24 heavy (non-hydrogen) atoms. The summed E-state index contributed by atoms with van der Waals surface area (Å²) < 4.78 is 5.44. The molecule has 1 saturated heterocycles. The van der Waals surface area contributed by atoms with Crippen LogP contribution in [0.5, 0.6) is 0 Å². The van der Waals surface area contributed by atoms with Crippen LogP contribution in [-0.2, 0) is 11.3 Å². The van der Waals surface area contributed by atoms with E-state index in [4.69, 9.17) is 4.74 Å². The third-order valence-corrected chi connectivity index (χ3v) is 5.08. The summed E-state index contributed by atoms with van der Waals surface area (Å²) in [5, 5.41) is 8.01. The van der Waals surface area contributed by atoms with Crippen molar-refractivity contribution >= 4 is 17.4 Å². The van der Waals surface area contributed by atoms with Crippen LogP contribution in [0.3, 0.4) is 0 Å². The Morgan fingerprint density at radius 1 is 1.12 bits per heavy atom. The van der Waals surface area contributed by atoms with E-state index in [0.29, 0.717) is 13.1 Å². The van der Waals surface area contributed by atoms with Gasteiger partial charge in [-0.05, 0) is 17.0 Å². The van der Waals surface area contributed by atoms with E-state index in [9.17, 15) is 4.79 Å². The predicted molar refractivity (Wildman–Crippen MR) is 96.1 cm³/mol. The largest absolute Gasteiger partial charge is 0.379 e. The molecular weight excluding hydrogens is 322 g/mol. The first-order valence-electron chi connectivity index (χ1n) is 8.24. The Morgan fingerprint density at radius 2 is 1.92 bits per heavy atom. The molecule has 1 fully saturated rings. The van der Waals surface area contributed by atoms with Crippen LogP contribution in [0.1, 0.15) is 16.5 Å². The molecule has 6 heteroatoms. The fraction of sp³-hybridized carbons (Fsp3) is 0.389. The molecule has 0 spiro atoms. The van der Waals surface area contributed by atoms with Gasteiger partial charge in [-0.3, -0.25) is 4.90 Å². The maximum atomic E-state index is 12.1. The number of ether oxygens (including phenoxy) is 1. The van der Waals surface area contributed by atoms with E-state index < -0.39 is 0 Å². The van der Waals surface area contributed by atoms with E-state index in [1.165, 1.54) is 4.88 Å². The highest BCUT2D eigenvalue weighted by Gasteiger charge is 2.23. The van der Waals surface area contributed by atoms with E-state index in [-0.39, 0.29) is 12.1 Å². The number of carbonyl (C=O) groups excluding carboxylic acids is 1. The Labute approximate surface area is 146 Å². The number of nitrogens with one attached hydrogen (secondary N) is 2. The fourth-order valence-electron chi connectivity index (χ4n) is 2.81. The Kier molecular flexibility index (Phi) is 6.23. The fourth-order valence-corrected chi connectivity index (χ4v) is 3.67. The van der Waals surface area contributed by atoms with Crippen molar-refractivity contribution in [3.8, 4) is 0 Å². The first kappa shape index (κ1) is 17.0. The molecule has 1 aromatic carbocycles. The number of benzene rings is 1. The molecule has 0 radical (unpaired) electrons. The van der Waals surface area contributed by atoms with Crippen molar-refractivity contribution in [3.05, 3.63) is 58.3 Å². The molecule has 128 valence electrons. The summed E-state index contributed by atoms with van der Waals surface area (Å²) in [6, 6.07) is 14.2. The van der Waals surface area contributed by atoms with E-state index in [2.05, 4.69) is 33.0 Å². The molecule has 0 unspecified atom stereocenters. The topological polar surface area (TPSA) is 53.6 Å². The zero-order valence-corrected chi connectivity index (χ0v) is 14.4. The van der Waals surface area contributed by atoms with E-state index in [0.717, 1.165) is 31.9 Å². The van der Waals surface area contributed by atoms with Gasteiger partial charge in [0.2, 0.25) is 0 Å². The molecule has 2 heterocycles. The van der Waals surface area contributed by atoms with Crippen LogP contribution < -0.4 is 10.6 Å². The summed E-state index contributed by atoms with van der Waals surface area (Å²) in [5.74, 6) is 0. The molecular formula is C18H23N3O2S. The van der Waals surface area contributed by atoms with Crippen molar-refractivity contribution in [2.45, 2.75) is 12.6 Å². The molecule has 5 nitrogen and oxygen atoms in total. The number of nitrogens with zero attached hydrogens (tertiary/aromatic N) is 1.